The number of aromatic amines is 1. The Morgan fingerprint density at radius 1 is 1.39 bits per heavy atom. The van der Waals surface area contributed by atoms with Gasteiger partial charge in [0.25, 0.3) is 0 Å². The molecule has 0 spiro atoms. The molecular formula is C12H18N6. The molecule has 0 aliphatic carbocycles. The van der Waals surface area contributed by atoms with E-state index in [2.05, 4.69) is 37.5 Å². The lowest BCUT2D eigenvalue weighted by atomic mass is 9.83. The molecule has 96 valence electrons. The number of hydrogen-bond acceptors (Lipinski definition) is 5. The number of nitrogens with zero attached hydrogens (tertiary/aromatic N) is 3. The van der Waals surface area contributed by atoms with E-state index in [1.165, 1.54) is 12.8 Å². The van der Waals surface area contributed by atoms with E-state index in [9.17, 15) is 0 Å². The summed E-state index contributed by atoms with van der Waals surface area (Å²) in [6.07, 6.45) is 5.67. The summed E-state index contributed by atoms with van der Waals surface area (Å²) in [7, 11) is 0. The van der Waals surface area contributed by atoms with Gasteiger partial charge in [0.05, 0.1) is 6.33 Å². The minimum absolute atomic E-state index is 0.287. The Balaban J connectivity index is 1.74. The maximum atomic E-state index is 4.28. The van der Waals surface area contributed by atoms with Crippen molar-refractivity contribution < 1.29 is 0 Å². The van der Waals surface area contributed by atoms with Crippen LogP contribution in [0.1, 0.15) is 19.8 Å². The number of rotatable bonds is 3. The number of H-pyrrole nitrogens is 1. The van der Waals surface area contributed by atoms with Crippen LogP contribution in [-0.2, 0) is 0 Å². The molecular weight excluding hydrogens is 228 g/mol. The average Bonchev–Trinajstić information content (AvgIpc) is 2.86. The van der Waals surface area contributed by atoms with Crippen LogP contribution in [-0.4, -0.2) is 39.6 Å². The summed E-state index contributed by atoms with van der Waals surface area (Å²) in [5.74, 6) is 0.837. The molecule has 3 N–H and O–H groups in total. The van der Waals surface area contributed by atoms with Gasteiger partial charge in [-0.2, -0.15) is 0 Å². The van der Waals surface area contributed by atoms with Gasteiger partial charge < -0.3 is 15.6 Å². The smallest absolute Gasteiger partial charge is 0.182 e. The number of anilines is 1. The molecule has 6 heteroatoms. The van der Waals surface area contributed by atoms with Crippen molar-refractivity contribution in [3.8, 4) is 0 Å². The van der Waals surface area contributed by atoms with Crippen molar-refractivity contribution in [1.29, 1.82) is 0 Å². The number of nitrogens with one attached hydrogen (secondary N) is 3. The van der Waals surface area contributed by atoms with E-state index in [-0.39, 0.29) is 5.41 Å². The molecule has 1 aliphatic heterocycles. The van der Waals surface area contributed by atoms with Crippen molar-refractivity contribution in [3.05, 3.63) is 12.7 Å². The van der Waals surface area contributed by atoms with Crippen molar-refractivity contribution >= 4 is 17.0 Å². The molecule has 1 unspecified atom stereocenters. The normalized spacial score (nSPS) is 24.3. The Hall–Kier alpha value is -1.69. The molecule has 1 fully saturated rings. The molecule has 0 amide bonds. The summed E-state index contributed by atoms with van der Waals surface area (Å²) in [5, 5.41) is 6.87. The van der Waals surface area contributed by atoms with Gasteiger partial charge in [0.2, 0.25) is 0 Å². The van der Waals surface area contributed by atoms with Gasteiger partial charge in [-0.05, 0) is 24.8 Å². The van der Waals surface area contributed by atoms with Crippen LogP contribution in [0.15, 0.2) is 12.7 Å². The zero-order chi connectivity index (χ0) is 12.4. The fourth-order valence-electron chi connectivity index (χ4n) is 2.47. The molecule has 2 aromatic rings. The van der Waals surface area contributed by atoms with Crippen molar-refractivity contribution in [3.63, 3.8) is 0 Å². The van der Waals surface area contributed by atoms with Gasteiger partial charge in [-0.1, -0.05) is 6.92 Å². The van der Waals surface area contributed by atoms with Gasteiger partial charge in [0.15, 0.2) is 11.5 Å². The van der Waals surface area contributed by atoms with Gasteiger partial charge >= 0.3 is 0 Å². The first-order chi connectivity index (χ1) is 8.77. The highest BCUT2D eigenvalue weighted by Gasteiger charge is 2.26. The van der Waals surface area contributed by atoms with Crippen molar-refractivity contribution in [2.24, 2.45) is 5.41 Å². The molecule has 3 rings (SSSR count). The van der Waals surface area contributed by atoms with Gasteiger partial charge in [-0.15, -0.1) is 0 Å². The summed E-state index contributed by atoms with van der Waals surface area (Å²) >= 11 is 0. The number of fused-ring (bicyclic) bond motifs is 1. The van der Waals surface area contributed by atoms with Crippen LogP contribution in [0, 0.1) is 5.41 Å². The Morgan fingerprint density at radius 3 is 3.17 bits per heavy atom. The molecule has 0 radical (unpaired) electrons. The molecule has 18 heavy (non-hydrogen) atoms. The second-order valence-corrected chi connectivity index (χ2v) is 5.27. The molecule has 2 aromatic heterocycles. The predicted molar refractivity (Wildman–Crippen MR) is 70.4 cm³/mol. The lowest BCUT2D eigenvalue weighted by molar-refractivity contribution is 0.253. The second-order valence-electron chi connectivity index (χ2n) is 5.27. The maximum Gasteiger partial charge on any atom is 0.182 e. The quantitative estimate of drug-likeness (QED) is 0.757. The van der Waals surface area contributed by atoms with Crippen molar-refractivity contribution in [1.82, 2.24) is 25.3 Å². The van der Waals surface area contributed by atoms with Crippen molar-refractivity contribution in [2.75, 3.05) is 25.0 Å². The monoisotopic (exact) mass is 246 g/mol. The first-order valence-electron chi connectivity index (χ1n) is 6.36. The van der Waals surface area contributed by atoms with E-state index in [1.54, 1.807) is 12.7 Å². The summed E-state index contributed by atoms with van der Waals surface area (Å²) < 4.78 is 0. The van der Waals surface area contributed by atoms with E-state index in [0.717, 1.165) is 31.0 Å². The lowest BCUT2D eigenvalue weighted by Crippen LogP contribution is -2.42. The van der Waals surface area contributed by atoms with E-state index < -0.39 is 0 Å². The topological polar surface area (TPSA) is 78.5 Å². The van der Waals surface area contributed by atoms with Crippen LogP contribution in [0.25, 0.3) is 11.2 Å². The van der Waals surface area contributed by atoms with Gasteiger partial charge in [-0.3, -0.25) is 0 Å². The van der Waals surface area contributed by atoms with Gasteiger partial charge in [0, 0.05) is 13.1 Å². The zero-order valence-electron chi connectivity index (χ0n) is 10.5. The molecule has 0 aromatic carbocycles. The van der Waals surface area contributed by atoms with Crippen LogP contribution >= 0.6 is 0 Å². The fourth-order valence-corrected chi connectivity index (χ4v) is 2.47. The Labute approximate surface area is 106 Å². The zero-order valence-corrected chi connectivity index (χ0v) is 10.5. The van der Waals surface area contributed by atoms with E-state index in [4.69, 9.17) is 0 Å². The van der Waals surface area contributed by atoms with Crippen LogP contribution in [0.3, 0.4) is 0 Å². The average molecular weight is 246 g/mol. The Kier molecular flexibility index (Phi) is 2.87. The molecule has 3 heterocycles. The van der Waals surface area contributed by atoms with E-state index in [0.29, 0.717) is 5.65 Å². The first-order valence-corrected chi connectivity index (χ1v) is 6.36. The minimum atomic E-state index is 0.287. The number of imidazole rings is 1. The summed E-state index contributed by atoms with van der Waals surface area (Å²) in [6, 6.07) is 0. The van der Waals surface area contributed by atoms with Crippen LogP contribution in [0.2, 0.25) is 0 Å². The molecule has 0 bridgehead atoms. The highest BCUT2D eigenvalue weighted by molar-refractivity contribution is 5.81. The van der Waals surface area contributed by atoms with Crippen LogP contribution in [0.5, 0.6) is 0 Å². The highest BCUT2D eigenvalue weighted by atomic mass is 15.1. The standard InChI is InChI=1S/C12H18N6/c1-12(3-2-4-13-5-12)6-14-10-9-11(16-7-15-9)18-8-17-10/h7-8,13H,2-6H2,1H3,(H2,14,15,16,17,18). The van der Waals surface area contributed by atoms with Crippen LogP contribution in [0.4, 0.5) is 5.82 Å². The maximum absolute atomic E-state index is 4.28. The Morgan fingerprint density at radius 2 is 2.33 bits per heavy atom. The molecule has 0 saturated carbocycles. The summed E-state index contributed by atoms with van der Waals surface area (Å²) in [6.45, 7) is 5.40. The third-order valence-corrected chi connectivity index (χ3v) is 3.59. The SMILES string of the molecule is CC1(CNc2ncnc3nc[nH]c23)CCCNC1. The second kappa shape index (κ2) is 4.53. The largest absolute Gasteiger partial charge is 0.368 e. The Bertz CT molecular complexity index is 528. The first kappa shape index (κ1) is 11.4. The van der Waals surface area contributed by atoms with E-state index in [1.807, 2.05) is 0 Å². The van der Waals surface area contributed by atoms with Gasteiger partial charge in [-0.25, -0.2) is 15.0 Å². The summed E-state index contributed by atoms with van der Waals surface area (Å²) in [4.78, 5) is 15.6. The number of aromatic nitrogens is 4. The summed E-state index contributed by atoms with van der Waals surface area (Å²) in [5.41, 5.74) is 1.87. The van der Waals surface area contributed by atoms with Crippen molar-refractivity contribution in [2.45, 2.75) is 19.8 Å². The lowest BCUT2D eigenvalue weighted by Gasteiger charge is -2.34. The third kappa shape index (κ3) is 2.15. The van der Waals surface area contributed by atoms with Crippen LogP contribution < -0.4 is 10.6 Å². The molecule has 1 aliphatic rings. The predicted octanol–water partition coefficient (Wildman–Crippen LogP) is 1.15. The molecule has 1 atom stereocenters. The molecule has 6 nitrogen and oxygen atoms in total. The van der Waals surface area contributed by atoms with E-state index >= 15 is 0 Å². The van der Waals surface area contributed by atoms with Gasteiger partial charge in [0.1, 0.15) is 11.8 Å². The number of piperidine rings is 1. The molecule has 1 saturated heterocycles. The highest BCUT2D eigenvalue weighted by Crippen LogP contribution is 2.26. The number of hydrogen-bond donors (Lipinski definition) is 3. The fraction of sp³-hybridized carbons (Fsp3) is 0.583. The minimum Gasteiger partial charge on any atom is -0.368 e. The third-order valence-electron chi connectivity index (χ3n) is 3.59.